The number of aromatic carboxylic acids is 1. The molecule has 136 valence electrons. The molecule has 4 nitrogen and oxygen atoms in total. The maximum absolute atomic E-state index is 10.9. The van der Waals surface area contributed by atoms with Crippen LogP contribution in [0.2, 0.25) is 5.02 Å². The number of halogens is 1. The van der Waals surface area contributed by atoms with E-state index >= 15 is 0 Å². The van der Waals surface area contributed by atoms with Crippen molar-refractivity contribution in [3.8, 4) is 0 Å². The van der Waals surface area contributed by atoms with Crippen LogP contribution in [0.5, 0.6) is 0 Å². The fourth-order valence-electron chi connectivity index (χ4n) is 3.54. The van der Waals surface area contributed by atoms with Crippen molar-refractivity contribution in [1.29, 1.82) is 0 Å². The lowest BCUT2D eigenvalue weighted by Gasteiger charge is -2.45. The Morgan fingerprint density at radius 3 is 2.58 bits per heavy atom. The molecule has 0 aliphatic carbocycles. The minimum atomic E-state index is -0.945. The second-order valence-electron chi connectivity index (χ2n) is 7.52. The molecular weight excluding hydrogens is 348 g/mol. The Labute approximate surface area is 159 Å². The molecule has 0 saturated carbocycles. The van der Waals surface area contributed by atoms with Gasteiger partial charge < -0.3 is 10.0 Å². The van der Waals surface area contributed by atoms with Crippen LogP contribution >= 0.6 is 11.6 Å². The maximum Gasteiger partial charge on any atom is 0.335 e. The van der Waals surface area contributed by atoms with Crippen molar-refractivity contribution in [1.82, 2.24) is 0 Å². The third-order valence-electron chi connectivity index (χ3n) is 5.22. The van der Waals surface area contributed by atoms with Gasteiger partial charge in [-0.05, 0) is 68.1 Å². The fourth-order valence-corrected chi connectivity index (χ4v) is 3.74. The molecule has 5 heteroatoms. The zero-order chi connectivity index (χ0) is 19.1. The summed E-state index contributed by atoms with van der Waals surface area (Å²) in [7, 11) is 2.11. The molecular formula is C21H23ClN2O2. The first-order valence-corrected chi connectivity index (χ1v) is 9.01. The quantitative estimate of drug-likeness (QED) is 0.724. The van der Waals surface area contributed by atoms with E-state index in [1.165, 1.54) is 11.3 Å². The van der Waals surface area contributed by atoms with E-state index in [0.29, 0.717) is 16.6 Å². The van der Waals surface area contributed by atoms with Crippen molar-refractivity contribution >= 4 is 35.2 Å². The summed E-state index contributed by atoms with van der Waals surface area (Å²) in [5.41, 5.74) is 4.34. The first-order valence-electron chi connectivity index (χ1n) is 8.64. The van der Waals surface area contributed by atoms with Gasteiger partial charge in [-0.3, -0.25) is 4.99 Å². The number of hydrogen-bond acceptors (Lipinski definition) is 3. The van der Waals surface area contributed by atoms with Crippen LogP contribution in [0.25, 0.3) is 0 Å². The van der Waals surface area contributed by atoms with Gasteiger partial charge in [0, 0.05) is 30.1 Å². The minimum absolute atomic E-state index is 0.0945. The van der Waals surface area contributed by atoms with Crippen LogP contribution in [0.15, 0.2) is 41.4 Å². The Hall–Kier alpha value is -2.33. The summed E-state index contributed by atoms with van der Waals surface area (Å²) >= 11 is 6.50. The average Bonchev–Trinajstić information content (AvgIpc) is 2.58. The fraction of sp³-hybridized carbons (Fsp3) is 0.333. The minimum Gasteiger partial charge on any atom is -0.478 e. The molecule has 0 bridgehead atoms. The number of carboxylic acids is 1. The summed E-state index contributed by atoms with van der Waals surface area (Å²) in [4.78, 5) is 17.7. The zero-order valence-electron chi connectivity index (χ0n) is 15.5. The molecule has 1 N–H and O–H groups in total. The van der Waals surface area contributed by atoms with E-state index in [2.05, 4.69) is 43.8 Å². The Kier molecular flexibility index (Phi) is 4.80. The number of fused-ring (bicyclic) bond motifs is 1. The molecule has 2 aromatic carbocycles. The van der Waals surface area contributed by atoms with Gasteiger partial charge in [-0.15, -0.1) is 0 Å². The van der Waals surface area contributed by atoms with Crippen molar-refractivity contribution < 1.29 is 9.90 Å². The van der Waals surface area contributed by atoms with Crippen molar-refractivity contribution in [2.75, 3.05) is 11.9 Å². The Balaban J connectivity index is 1.92. The van der Waals surface area contributed by atoms with E-state index in [4.69, 9.17) is 16.7 Å². The Bertz CT molecular complexity index is 872. The van der Waals surface area contributed by atoms with E-state index in [1.54, 1.807) is 30.5 Å². The lowest BCUT2D eigenvalue weighted by molar-refractivity contribution is 0.0697. The topological polar surface area (TPSA) is 52.9 Å². The van der Waals surface area contributed by atoms with Crippen LogP contribution < -0.4 is 4.90 Å². The number of rotatable bonds is 3. The lowest BCUT2D eigenvalue weighted by Crippen LogP contribution is -2.45. The van der Waals surface area contributed by atoms with Gasteiger partial charge in [0.2, 0.25) is 0 Å². The van der Waals surface area contributed by atoms with Crippen LogP contribution in [0.1, 0.15) is 54.6 Å². The van der Waals surface area contributed by atoms with E-state index in [0.717, 1.165) is 12.0 Å². The molecule has 1 aliphatic heterocycles. The summed E-state index contributed by atoms with van der Waals surface area (Å²) < 4.78 is 0. The predicted molar refractivity (Wildman–Crippen MR) is 108 cm³/mol. The van der Waals surface area contributed by atoms with E-state index in [9.17, 15) is 4.79 Å². The number of anilines is 1. The number of aliphatic imine (C=N–C) groups is 1. The van der Waals surface area contributed by atoms with Crippen LogP contribution in [-0.2, 0) is 0 Å². The van der Waals surface area contributed by atoms with Crippen LogP contribution in [0.3, 0.4) is 0 Å². The highest BCUT2D eigenvalue weighted by atomic mass is 35.5. The number of nitrogens with zero attached hydrogens (tertiary/aromatic N) is 2. The highest BCUT2D eigenvalue weighted by Gasteiger charge is 2.34. The van der Waals surface area contributed by atoms with Gasteiger partial charge in [0.15, 0.2) is 0 Å². The molecule has 0 aromatic heterocycles. The van der Waals surface area contributed by atoms with Crippen molar-refractivity contribution in [2.45, 2.75) is 38.6 Å². The highest BCUT2D eigenvalue weighted by molar-refractivity contribution is 6.33. The lowest BCUT2D eigenvalue weighted by atomic mass is 9.80. The van der Waals surface area contributed by atoms with Gasteiger partial charge >= 0.3 is 5.97 Å². The molecule has 1 heterocycles. The van der Waals surface area contributed by atoms with Crippen LogP contribution in [0.4, 0.5) is 11.4 Å². The Morgan fingerprint density at radius 1 is 1.31 bits per heavy atom. The summed E-state index contributed by atoms with van der Waals surface area (Å²) in [6.07, 6.45) is 2.82. The number of carbonyl (C=O) groups is 1. The Morgan fingerprint density at radius 2 is 1.96 bits per heavy atom. The summed E-state index contributed by atoms with van der Waals surface area (Å²) in [5, 5.41) is 9.61. The van der Waals surface area contributed by atoms with E-state index in [-0.39, 0.29) is 11.1 Å². The van der Waals surface area contributed by atoms with Crippen LogP contribution in [-0.4, -0.2) is 29.9 Å². The monoisotopic (exact) mass is 370 g/mol. The van der Waals surface area contributed by atoms with Gasteiger partial charge in [0.1, 0.15) is 0 Å². The summed E-state index contributed by atoms with van der Waals surface area (Å²) in [5.74, 6) is -0.505. The van der Waals surface area contributed by atoms with E-state index < -0.39 is 5.97 Å². The number of carboxylic acid groups (broad SMARTS) is 1. The van der Waals surface area contributed by atoms with Crippen molar-refractivity contribution in [3.05, 3.63) is 58.1 Å². The average molecular weight is 371 g/mol. The third kappa shape index (κ3) is 3.47. The first-order chi connectivity index (χ1) is 12.2. The predicted octanol–water partition coefficient (Wildman–Crippen LogP) is 5.51. The van der Waals surface area contributed by atoms with E-state index in [1.807, 2.05) is 6.07 Å². The molecule has 0 radical (unpaired) electrons. The zero-order valence-corrected chi connectivity index (χ0v) is 16.2. The van der Waals surface area contributed by atoms with Gasteiger partial charge in [0.25, 0.3) is 0 Å². The molecule has 26 heavy (non-hydrogen) atoms. The number of hydrogen-bond donors (Lipinski definition) is 1. The molecule has 0 saturated heterocycles. The highest BCUT2D eigenvalue weighted by Crippen LogP contribution is 2.44. The van der Waals surface area contributed by atoms with Gasteiger partial charge in [-0.2, -0.15) is 0 Å². The second kappa shape index (κ2) is 6.76. The molecule has 0 spiro atoms. The summed E-state index contributed by atoms with van der Waals surface area (Å²) in [6.45, 7) is 6.74. The van der Waals surface area contributed by atoms with Gasteiger partial charge in [-0.25, -0.2) is 4.79 Å². The third-order valence-corrected chi connectivity index (χ3v) is 5.55. The molecule has 3 rings (SSSR count). The standard InChI is InChI=1S/C21H23ClN2O2/c1-13-11-21(2,3)24(4)19-10-18(22)15(9-17(13)19)12-23-16-7-5-14(6-8-16)20(25)26/h5-10,12-13H,11H2,1-4H3,(H,25,26). The smallest absolute Gasteiger partial charge is 0.335 e. The number of benzene rings is 2. The SMILES string of the molecule is CC1CC(C)(C)N(C)c2cc(Cl)c(C=Nc3ccc(C(=O)O)cc3)cc21. The molecule has 2 aromatic rings. The molecule has 0 amide bonds. The molecule has 0 fully saturated rings. The normalized spacial score (nSPS) is 18.8. The largest absolute Gasteiger partial charge is 0.478 e. The first kappa shape index (κ1) is 18.5. The van der Waals surface area contributed by atoms with Crippen molar-refractivity contribution in [3.63, 3.8) is 0 Å². The summed E-state index contributed by atoms with van der Waals surface area (Å²) in [6, 6.07) is 10.6. The second-order valence-corrected chi connectivity index (χ2v) is 7.93. The maximum atomic E-state index is 10.9. The van der Waals surface area contributed by atoms with Gasteiger partial charge in [0.05, 0.1) is 16.3 Å². The molecule has 1 aliphatic rings. The molecule has 1 unspecified atom stereocenters. The van der Waals surface area contributed by atoms with Gasteiger partial charge in [-0.1, -0.05) is 18.5 Å². The van der Waals surface area contributed by atoms with Crippen LogP contribution in [0, 0.1) is 0 Å². The van der Waals surface area contributed by atoms with Crippen molar-refractivity contribution in [2.24, 2.45) is 4.99 Å². The molecule has 1 atom stereocenters.